The van der Waals surface area contributed by atoms with Crippen LogP contribution in [0.15, 0.2) is 29.0 Å². The Morgan fingerprint density at radius 2 is 1.83 bits per heavy atom. The summed E-state index contributed by atoms with van der Waals surface area (Å²) in [7, 11) is 0. The lowest BCUT2D eigenvalue weighted by Crippen LogP contribution is -2.35. The number of hydrogen-bond donors (Lipinski definition) is 1. The van der Waals surface area contributed by atoms with Crippen molar-refractivity contribution in [1.29, 1.82) is 0 Å². The zero-order valence-corrected chi connectivity index (χ0v) is 20.1. The number of nitrogens with zero attached hydrogens (tertiary/aromatic N) is 5. The largest absolute Gasteiger partial charge is 0.493 e. The van der Waals surface area contributed by atoms with E-state index in [0.717, 1.165) is 68.8 Å². The summed E-state index contributed by atoms with van der Waals surface area (Å²) in [6, 6.07) is 2.24. The Hall–Kier alpha value is -3.14. The summed E-state index contributed by atoms with van der Waals surface area (Å²) in [5.41, 5.74) is 0.726. The lowest BCUT2D eigenvalue weighted by molar-refractivity contribution is 0.130. The molecule has 0 unspecified atom stereocenters. The molecule has 0 aliphatic carbocycles. The van der Waals surface area contributed by atoms with Crippen LogP contribution in [0.5, 0.6) is 5.75 Å². The average molecular weight is 488 g/mol. The third-order valence-electron chi connectivity index (χ3n) is 6.38. The molecule has 1 fully saturated rings. The molecule has 35 heavy (non-hydrogen) atoms. The minimum absolute atomic E-state index is 0.0746. The molecule has 0 radical (unpaired) electrons. The second-order valence-corrected chi connectivity index (χ2v) is 8.81. The zero-order chi connectivity index (χ0) is 24.8. The molecule has 0 amide bonds. The first-order chi connectivity index (χ1) is 17.0. The number of piperidine rings is 1. The van der Waals surface area contributed by atoms with Gasteiger partial charge in [-0.2, -0.15) is 4.98 Å². The maximum Gasteiger partial charge on any atom is 0.255 e. The molecule has 1 aliphatic heterocycles. The summed E-state index contributed by atoms with van der Waals surface area (Å²) in [4.78, 5) is 15.1. The number of aromatic nitrogens is 4. The smallest absolute Gasteiger partial charge is 0.255 e. The number of aryl methyl sites for hydroxylation is 1. The van der Waals surface area contributed by atoms with Gasteiger partial charge in [0.2, 0.25) is 11.8 Å². The summed E-state index contributed by atoms with van der Waals surface area (Å²) >= 11 is 0. The van der Waals surface area contributed by atoms with Gasteiger partial charge < -0.3 is 19.3 Å². The van der Waals surface area contributed by atoms with Crippen LogP contribution in [0.3, 0.4) is 0 Å². The van der Waals surface area contributed by atoms with Crippen molar-refractivity contribution in [2.45, 2.75) is 58.5 Å². The Morgan fingerprint density at radius 1 is 1.14 bits per heavy atom. The van der Waals surface area contributed by atoms with Crippen LogP contribution in [-0.2, 0) is 6.42 Å². The van der Waals surface area contributed by atoms with Crippen molar-refractivity contribution in [3.8, 4) is 17.1 Å². The van der Waals surface area contributed by atoms with Crippen molar-refractivity contribution in [3.63, 3.8) is 0 Å². The van der Waals surface area contributed by atoms with Crippen molar-refractivity contribution in [1.82, 2.24) is 20.1 Å². The highest BCUT2D eigenvalue weighted by Crippen LogP contribution is 2.30. The van der Waals surface area contributed by atoms with E-state index in [9.17, 15) is 13.9 Å². The third kappa shape index (κ3) is 6.11. The van der Waals surface area contributed by atoms with Crippen LogP contribution >= 0.6 is 0 Å². The van der Waals surface area contributed by atoms with E-state index in [-0.39, 0.29) is 17.5 Å². The van der Waals surface area contributed by atoms with E-state index in [1.807, 2.05) is 12.4 Å². The molecule has 10 heteroatoms. The number of anilines is 1. The first kappa shape index (κ1) is 25.0. The van der Waals surface area contributed by atoms with Gasteiger partial charge in [0.15, 0.2) is 0 Å². The Morgan fingerprint density at radius 3 is 2.46 bits per heavy atom. The van der Waals surface area contributed by atoms with E-state index in [0.29, 0.717) is 18.9 Å². The summed E-state index contributed by atoms with van der Waals surface area (Å²) in [6.07, 6.45) is 7.96. The van der Waals surface area contributed by atoms with Gasteiger partial charge in [0.25, 0.3) is 5.89 Å². The van der Waals surface area contributed by atoms with E-state index < -0.39 is 23.3 Å². The predicted molar refractivity (Wildman–Crippen MR) is 126 cm³/mol. The van der Waals surface area contributed by atoms with Crippen molar-refractivity contribution in [2.24, 2.45) is 5.92 Å². The van der Waals surface area contributed by atoms with Crippen LogP contribution in [0, 0.1) is 17.6 Å². The predicted octanol–water partition coefficient (Wildman–Crippen LogP) is 4.89. The second kappa shape index (κ2) is 11.5. The first-order valence-electron chi connectivity index (χ1n) is 12.2. The van der Waals surface area contributed by atoms with Crippen LogP contribution in [-0.4, -0.2) is 44.9 Å². The number of aliphatic hydroxyl groups excluding tert-OH is 1. The van der Waals surface area contributed by atoms with Gasteiger partial charge in [-0.1, -0.05) is 19.0 Å². The van der Waals surface area contributed by atoms with Gasteiger partial charge >= 0.3 is 0 Å². The average Bonchev–Trinajstić information content (AvgIpc) is 3.36. The van der Waals surface area contributed by atoms with Gasteiger partial charge in [-0.25, -0.2) is 18.7 Å². The fourth-order valence-electron chi connectivity index (χ4n) is 4.17. The fraction of sp³-hybridized carbons (Fsp3) is 0.520. The molecule has 0 bridgehead atoms. The standard InChI is InChI=1S/C25H31F2N5O3/c1-3-16-14-28-25(29-15-16)32-9-7-17(8-10-32)6-5-11-34-18-12-19(26)22(20(27)13-18)23-30-24(35-31-23)21(33)4-2/h12-15,17,21,33H,3-11H2,1-2H3/t21-/m0/s1. The highest BCUT2D eigenvalue weighted by molar-refractivity contribution is 5.58. The summed E-state index contributed by atoms with van der Waals surface area (Å²) in [6.45, 7) is 6.02. The number of ether oxygens (including phenoxy) is 1. The molecule has 188 valence electrons. The topological polar surface area (TPSA) is 97.4 Å². The molecule has 1 saturated heterocycles. The number of aliphatic hydroxyl groups is 1. The van der Waals surface area contributed by atoms with E-state index in [1.54, 1.807) is 6.92 Å². The lowest BCUT2D eigenvalue weighted by atomic mass is 9.92. The molecular formula is C25H31F2N5O3. The minimum Gasteiger partial charge on any atom is -0.493 e. The van der Waals surface area contributed by atoms with E-state index in [4.69, 9.17) is 9.26 Å². The molecule has 3 aromatic rings. The van der Waals surface area contributed by atoms with Crippen LogP contribution in [0.1, 0.15) is 63.5 Å². The molecule has 1 atom stereocenters. The van der Waals surface area contributed by atoms with Crippen molar-refractivity contribution in [3.05, 3.63) is 47.6 Å². The van der Waals surface area contributed by atoms with Gasteiger partial charge in [-0.3, -0.25) is 0 Å². The molecule has 1 N–H and O–H groups in total. The molecule has 8 nitrogen and oxygen atoms in total. The van der Waals surface area contributed by atoms with Gasteiger partial charge in [0, 0.05) is 37.6 Å². The van der Waals surface area contributed by atoms with Crippen LogP contribution in [0.4, 0.5) is 14.7 Å². The Balaban J connectivity index is 1.23. The molecule has 4 rings (SSSR count). The van der Waals surface area contributed by atoms with Gasteiger partial charge in [-0.15, -0.1) is 0 Å². The second-order valence-electron chi connectivity index (χ2n) is 8.81. The van der Waals surface area contributed by atoms with E-state index in [1.165, 1.54) is 0 Å². The molecule has 0 spiro atoms. The Kier molecular flexibility index (Phi) is 8.22. The SMILES string of the molecule is CCc1cnc(N2CCC(CCCOc3cc(F)c(-c4noc([C@@H](O)CC)n4)c(F)c3)CC2)nc1. The molecule has 1 aliphatic rings. The molecule has 0 saturated carbocycles. The Bertz CT molecular complexity index is 1080. The highest BCUT2D eigenvalue weighted by atomic mass is 19.1. The third-order valence-corrected chi connectivity index (χ3v) is 6.38. The highest BCUT2D eigenvalue weighted by Gasteiger charge is 2.23. The quantitative estimate of drug-likeness (QED) is 0.404. The summed E-state index contributed by atoms with van der Waals surface area (Å²) in [5.74, 6) is -0.536. The van der Waals surface area contributed by atoms with Gasteiger partial charge in [0.1, 0.15) is 23.5 Å². The van der Waals surface area contributed by atoms with Crippen LogP contribution < -0.4 is 9.64 Å². The van der Waals surface area contributed by atoms with Crippen molar-refractivity contribution < 1.29 is 23.1 Å². The monoisotopic (exact) mass is 487 g/mol. The van der Waals surface area contributed by atoms with Crippen LogP contribution in [0.25, 0.3) is 11.4 Å². The van der Waals surface area contributed by atoms with Crippen LogP contribution in [0.2, 0.25) is 0 Å². The zero-order valence-electron chi connectivity index (χ0n) is 20.1. The maximum absolute atomic E-state index is 14.6. The number of halogens is 2. The fourth-order valence-corrected chi connectivity index (χ4v) is 4.17. The molecule has 3 heterocycles. The Labute approximate surface area is 203 Å². The minimum atomic E-state index is -0.974. The van der Waals surface area contributed by atoms with E-state index in [2.05, 4.69) is 31.9 Å². The van der Waals surface area contributed by atoms with E-state index >= 15 is 0 Å². The summed E-state index contributed by atoms with van der Waals surface area (Å²) in [5, 5.41) is 13.3. The first-order valence-corrected chi connectivity index (χ1v) is 12.2. The van der Waals surface area contributed by atoms with Gasteiger partial charge in [0.05, 0.1) is 12.2 Å². The number of hydrogen-bond acceptors (Lipinski definition) is 8. The molecule has 2 aromatic heterocycles. The lowest BCUT2D eigenvalue weighted by Gasteiger charge is -2.32. The number of benzene rings is 1. The molecule has 1 aromatic carbocycles. The van der Waals surface area contributed by atoms with Crippen molar-refractivity contribution >= 4 is 5.95 Å². The molecular weight excluding hydrogens is 456 g/mol. The number of rotatable bonds is 10. The van der Waals surface area contributed by atoms with Gasteiger partial charge in [-0.05, 0) is 50.0 Å². The summed E-state index contributed by atoms with van der Waals surface area (Å²) < 4.78 is 39.7. The maximum atomic E-state index is 14.6. The van der Waals surface area contributed by atoms with Crippen molar-refractivity contribution in [2.75, 3.05) is 24.6 Å². The normalized spacial score (nSPS) is 15.4.